The van der Waals surface area contributed by atoms with E-state index in [0.717, 1.165) is 5.71 Å². The van der Waals surface area contributed by atoms with Gasteiger partial charge in [-0.1, -0.05) is 0 Å². The van der Waals surface area contributed by atoms with Crippen LogP contribution in [0.1, 0.15) is 20.8 Å². The smallest absolute Gasteiger partial charge is 0.259 e. The molecule has 0 aliphatic carbocycles. The molecule has 0 radical (unpaired) electrons. The number of nitrogens with zero attached hydrogens (tertiary/aromatic N) is 3. The first kappa shape index (κ1) is 9.82. The maximum absolute atomic E-state index is 11.5. The molecule has 6 heteroatoms. The SMILES string of the molecule is CC1=NC2C(=O)NC(N)=NC2=NC1(C)C. The lowest BCUT2D eigenvalue weighted by atomic mass is 9.97. The van der Waals surface area contributed by atoms with Gasteiger partial charge in [-0.05, 0) is 20.8 Å². The van der Waals surface area contributed by atoms with E-state index in [4.69, 9.17) is 5.73 Å². The highest BCUT2D eigenvalue weighted by atomic mass is 16.2. The van der Waals surface area contributed by atoms with E-state index in [2.05, 4.69) is 20.3 Å². The third-order valence-electron chi connectivity index (χ3n) is 2.58. The van der Waals surface area contributed by atoms with Crippen LogP contribution < -0.4 is 11.1 Å². The van der Waals surface area contributed by atoms with Gasteiger partial charge in [0.1, 0.15) is 0 Å². The first-order valence-corrected chi connectivity index (χ1v) is 4.70. The quantitative estimate of drug-likeness (QED) is 0.558. The molecule has 0 saturated heterocycles. The van der Waals surface area contributed by atoms with Crippen LogP contribution in [0.25, 0.3) is 0 Å². The summed E-state index contributed by atoms with van der Waals surface area (Å²) in [7, 11) is 0. The number of guanidine groups is 1. The molecule has 0 aromatic carbocycles. The van der Waals surface area contributed by atoms with Crippen molar-refractivity contribution in [2.24, 2.45) is 20.7 Å². The number of amides is 1. The van der Waals surface area contributed by atoms with E-state index in [1.807, 2.05) is 20.8 Å². The second kappa shape index (κ2) is 2.88. The number of fused-ring (bicyclic) bond motifs is 1. The molecule has 0 saturated carbocycles. The number of carbonyl (C=O) groups excluding carboxylic acids is 1. The minimum absolute atomic E-state index is 0.0838. The van der Waals surface area contributed by atoms with E-state index < -0.39 is 11.6 Å². The fraction of sp³-hybridized carbons (Fsp3) is 0.556. The monoisotopic (exact) mass is 207 g/mol. The van der Waals surface area contributed by atoms with Gasteiger partial charge in [-0.3, -0.25) is 20.1 Å². The minimum Gasteiger partial charge on any atom is -0.369 e. The van der Waals surface area contributed by atoms with Crippen molar-refractivity contribution in [3.8, 4) is 0 Å². The van der Waals surface area contributed by atoms with Crippen molar-refractivity contribution < 1.29 is 4.79 Å². The molecule has 2 aliphatic heterocycles. The van der Waals surface area contributed by atoms with Crippen LogP contribution in [-0.2, 0) is 4.79 Å². The summed E-state index contributed by atoms with van der Waals surface area (Å²) in [6, 6.07) is -0.634. The molecule has 0 aromatic rings. The van der Waals surface area contributed by atoms with Crippen LogP contribution in [0, 0.1) is 0 Å². The molecule has 0 spiro atoms. The number of aliphatic imine (C=N–C) groups is 3. The fourth-order valence-corrected chi connectivity index (χ4v) is 1.45. The second-order valence-electron chi connectivity index (χ2n) is 4.13. The van der Waals surface area contributed by atoms with E-state index in [1.165, 1.54) is 0 Å². The average molecular weight is 207 g/mol. The van der Waals surface area contributed by atoms with E-state index in [9.17, 15) is 4.79 Å². The predicted molar refractivity (Wildman–Crippen MR) is 58.2 cm³/mol. The fourth-order valence-electron chi connectivity index (χ4n) is 1.45. The average Bonchev–Trinajstić information content (AvgIpc) is 2.08. The Morgan fingerprint density at radius 1 is 1.47 bits per heavy atom. The zero-order valence-corrected chi connectivity index (χ0v) is 8.90. The molecule has 2 aliphatic rings. The highest BCUT2D eigenvalue weighted by molar-refractivity contribution is 6.21. The van der Waals surface area contributed by atoms with Crippen molar-refractivity contribution in [2.75, 3.05) is 0 Å². The summed E-state index contributed by atoms with van der Waals surface area (Å²) in [6.07, 6.45) is 0. The summed E-state index contributed by atoms with van der Waals surface area (Å²) in [6.45, 7) is 5.70. The molecule has 2 rings (SSSR count). The van der Waals surface area contributed by atoms with Crippen molar-refractivity contribution in [1.29, 1.82) is 0 Å². The van der Waals surface area contributed by atoms with E-state index in [1.54, 1.807) is 0 Å². The number of nitrogens with one attached hydrogen (secondary N) is 1. The first-order valence-electron chi connectivity index (χ1n) is 4.70. The van der Waals surface area contributed by atoms with Gasteiger partial charge in [0.15, 0.2) is 11.9 Å². The van der Waals surface area contributed by atoms with E-state index in [-0.39, 0.29) is 11.9 Å². The van der Waals surface area contributed by atoms with Gasteiger partial charge in [-0.25, -0.2) is 0 Å². The molecule has 15 heavy (non-hydrogen) atoms. The summed E-state index contributed by atoms with van der Waals surface area (Å²) in [5.74, 6) is 0.212. The number of hydrogen-bond donors (Lipinski definition) is 2. The van der Waals surface area contributed by atoms with Gasteiger partial charge < -0.3 is 5.73 Å². The number of nitrogens with two attached hydrogens (primary N) is 1. The molecule has 3 N–H and O–H groups in total. The van der Waals surface area contributed by atoms with Crippen LogP contribution in [-0.4, -0.2) is 35.0 Å². The molecule has 0 fully saturated rings. The Kier molecular flexibility index (Phi) is 1.89. The van der Waals surface area contributed by atoms with Crippen molar-refractivity contribution in [3.05, 3.63) is 0 Å². The molecule has 2 heterocycles. The zero-order valence-electron chi connectivity index (χ0n) is 8.90. The first-order chi connectivity index (χ1) is 6.90. The lowest BCUT2D eigenvalue weighted by Gasteiger charge is -2.30. The normalized spacial score (nSPS) is 28.3. The van der Waals surface area contributed by atoms with Gasteiger partial charge in [-0.15, -0.1) is 0 Å². The summed E-state index contributed by atoms with van der Waals surface area (Å²) < 4.78 is 0. The Morgan fingerprint density at radius 3 is 2.80 bits per heavy atom. The molecule has 1 amide bonds. The maximum Gasteiger partial charge on any atom is 0.259 e. The number of amidine groups is 1. The van der Waals surface area contributed by atoms with Crippen LogP contribution >= 0.6 is 0 Å². The molecule has 1 atom stereocenters. The number of rotatable bonds is 0. The van der Waals surface area contributed by atoms with E-state index >= 15 is 0 Å². The van der Waals surface area contributed by atoms with Crippen molar-refractivity contribution in [1.82, 2.24) is 5.32 Å². The summed E-state index contributed by atoms with van der Waals surface area (Å²) in [4.78, 5) is 24.2. The van der Waals surface area contributed by atoms with Gasteiger partial charge in [0.2, 0.25) is 5.96 Å². The van der Waals surface area contributed by atoms with Crippen molar-refractivity contribution in [2.45, 2.75) is 32.4 Å². The summed E-state index contributed by atoms with van der Waals surface area (Å²) >= 11 is 0. The zero-order chi connectivity index (χ0) is 11.2. The molecule has 0 bridgehead atoms. The van der Waals surface area contributed by atoms with Gasteiger partial charge in [0.05, 0.1) is 5.54 Å². The van der Waals surface area contributed by atoms with Gasteiger partial charge in [-0.2, -0.15) is 4.99 Å². The van der Waals surface area contributed by atoms with Gasteiger partial charge in [0, 0.05) is 5.71 Å². The molecular formula is C9H13N5O. The summed E-state index contributed by atoms with van der Waals surface area (Å²) in [5.41, 5.74) is 5.86. The van der Waals surface area contributed by atoms with Crippen LogP contribution in [0.2, 0.25) is 0 Å². The van der Waals surface area contributed by atoms with Crippen molar-refractivity contribution in [3.63, 3.8) is 0 Å². The predicted octanol–water partition coefficient (Wildman–Crippen LogP) is -0.549. The maximum atomic E-state index is 11.5. The molecule has 1 unspecified atom stereocenters. The Bertz CT molecular complexity index is 418. The Labute approximate surface area is 87.4 Å². The lowest BCUT2D eigenvalue weighted by Crippen LogP contribution is -2.53. The highest BCUT2D eigenvalue weighted by Gasteiger charge is 2.36. The third-order valence-corrected chi connectivity index (χ3v) is 2.58. The second-order valence-corrected chi connectivity index (χ2v) is 4.13. The summed E-state index contributed by atoms with van der Waals surface area (Å²) in [5, 5.41) is 2.43. The van der Waals surface area contributed by atoms with Crippen LogP contribution in [0.5, 0.6) is 0 Å². The minimum atomic E-state index is -0.634. The van der Waals surface area contributed by atoms with Crippen LogP contribution in [0.15, 0.2) is 15.0 Å². The lowest BCUT2D eigenvalue weighted by molar-refractivity contribution is -0.119. The van der Waals surface area contributed by atoms with Crippen molar-refractivity contribution >= 4 is 23.4 Å². The largest absolute Gasteiger partial charge is 0.369 e. The third kappa shape index (κ3) is 1.51. The molecule has 6 nitrogen and oxygen atoms in total. The standard InChI is InChI=1S/C9H13N5O/c1-4-9(2,3)14-6-5(11-4)7(15)13-8(10)12-6/h5H,1-3H3,(H3,10,12,13,14,15). The molecule has 0 aromatic heterocycles. The highest BCUT2D eigenvalue weighted by Crippen LogP contribution is 2.21. The van der Waals surface area contributed by atoms with Crippen LogP contribution in [0.3, 0.4) is 0 Å². The number of carbonyl (C=O) groups is 1. The topological polar surface area (TPSA) is 92.2 Å². The Balaban J connectivity index is 2.49. The van der Waals surface area contributed by atoms with E-state index in [0.29, 0.717) is 5.84 Å². The number of hydrogen-bond acceptors (Lipinski definition) is 5. The van der Waals surface area contributed by atoms with Crippen LogP contribution in [0.4, 0.5) is 0 Å². The van der Waals surface area contributed by atoms with Gasteiger partial charge in [0.25, 0.3) is 5.91 Å². The van der Waals surface area contributed by atoms with Gasteiger partial charge >= 0.3 is 0 Å². The molecule has 80 valence electrons. The molecular weight excluding hydrogens is 194 g/mol. The Hall–Kier alpha value is -1.72. The Morgan fingerprint density at radius 2 is 2.13 bits per heavy atom.